The first kappa shape index (κ1) is 11.7. The summed E-state index contributed by atoms with van der Waals surface area (Å²) in [5, 5.41) is 0.201. The first-order valence-corrected chi connectivity index (χ1v) is 5.48. The van der Waals surface area contributed by atoms with Crippen LogP contribution >= 0.6 is 11.6 Å². The summed E-state index contributed by atoms with van der Waals surface area (Å²) >= 11 is 5.79. The van der Waals surface area contributed by atoms with E-state index in [1.165, 1.54) is 0 Å². The molecule has 1 heterocycles. The quantitative estimate of drug-likeness (QED) is 0.851. The van der Waals surface area contributed by atoms with Crippen LogP contribution < -0.4 is 4.90 Å². The molecule has 4 nitrogen and oxygen atoms in total. The van der Waals surface area contributed by atoms with Crippen LogP contribution in [0.5, 0.6) is 0 Å². The Morgan fingerprint density at radius 2 is 1.94 bits per heavy atom. The number of nitrogens with one attached hydrogen (secondary N) is 1. The third-order valence-electron chi connectivity index (χ3n) is 2.46. The summed E-state index contributed by atoms with van der Waals surface area (Å²) in [4.78, 5) is 19.6. The zero-order chi connectivity index (χ0) is 12.4. The van der Waals surface area contributed by atoms with Crippen molar-refractivity contribution in [1.29, 1.82) is 0 Å². The molecule has 5 heteroatoms. The largest absolute Gasteiger partial charge is 0.378 e. The van der Waals surface area contributed by atoms with Crippen molar-refractivity contribution in [2.45, 2.75) is 0 Å². The monoisotopic (exact) mass is 249 g/mol. The van der Waals surface area contributed by atoms with Crippen LogP contribution in [0.2, 0.25) is 5.15 Å². The number of nitrogens with zero attached hydrogens (tertiary/aromatic N) is 2. The molecule has 0 atom stereocenters. The number of benzene rings is 1. The van der Waals surface area contributed by atoms with Gasteiger partial charge in [-0.3, -0.25) is 4.79 Å². The Kier molecular flexibility index (Phi) is 3.15. The Bertz CT molecular complexity index is 531. The number of aromatic amines is 1. The van der Waals surface area contributed by atoms with Gasteiger partial charge in [0.2, 0.25) is 0 Å². The second-order valence-corrected chi connectivity index (χ2v) is 4.21. The van der Waals surface area contributed by atoms with E-state index in [2.05, 4.69) is 9.97 Å². The summed E-state index contributed by atoms with van der Waals surface area (Å²) in [5.41, 5.74) is 2.30. The summed E-state index contributed by atoms with van der Waals surface area (Å²) < 4.78 is 0. The zero-order valence-corrected chi connectivity index (χ0v) is 10.3. The smallest absolute Gasteiger partial charge is 0.169 e. The number of anilines is 1. The fourth-order valence-electron chi connectivity index (χ4n) is 1.50. The van der Waals surface area contributed by atoms with Crippen molar-refractivity contribution >= 4 is 23.6 Å². The number of hydrogen-bond acceptors (Lipinski definition) is 3. The van der Waals surface area contributed by atoms with Crippen molar-refractivity contribution in [3.05, 3.63) is 35.1 Å². The lowest BCUT2D eigenvalue weighted by atomic mass is 10.2. The number of aromatic nitrogens is 2. The van der Waals surface area contributed by atoms with Gasteiger partial charge in [0.25, 0.3) is 0 Å². The van der Waals surface area contributed by atoms with Crippen LogP contribution in [0.25, 0.3) is 11.4 Å². The number of hydrogen-bond donors (Lipinski definition) is 1. The molecule has 0 saturated carbocycles. The molecule has 0 spiro atoms. The van der Waals surface area contributed by atoms with Crippen molar-refractivity contribution in [2.75, 3.05) is 19.0 Å². The SMILES string of the molecule is CN(C)c1ccc(-c2nc(Cl)c(C=O)[nH]2)cc1. The van der Waals surface area contributed by atoms with Crippen molar-refractivity contribution in [3.8, 4) is 11.4 Å². The molecule has 1 aromatic heterocycles. The van der Waals surface area contributed by atoms with Gasteiger partial charge in [-0.1, -0.05) is 11.6 Å². The minimum atomic E-state index is 0.201. The lowest BCUT2D eigenvalue weighted by Crippen LogP contribution is -2.07. The van der Waals surface area contributed by atoms with E-state index in [4.69, 9.17) is 11.6 Å². The summed E-state index contributed by atoms with van der Waals surface area (Å²) in [7, 11) is 3.95. The number of imidazole rings is 1. The van der Waals surface area contributed by atoms with E-state index in [9.17, 15) is 4.79 Å². The van der Waals surface area contributed by atoms with Crippen LogP contribution in [0.15, 0.2) is 24.3 Å². The van der Waals surface area contributed by atoms with E-state index in [-0.39, 0.29) is 5.15 Å². The molecule has 1 N–H and O–H groups in total. The van der Waals surface area contributed by atoms with Gasteiger partial charge in [0, 0.05) is 25.3 Å². The number of aldehydes is 1. The molecule has 0 amide bonds. The van der Waals surface area contributed by atoms with Crippen LogP contribution in [0.4, 0.5) is 5.69 Å². The van der Waals surface area contributed by atoms with Gasteiger partial charge in [-0.2, -0.15) is 0 Å². The third kappa shape index (κ3) is 2.31. The highest BCUT2D eigenvalue weighted by atomic mass is 35.5. The zero-order valence-electron chi connectivity index (χ0n) is 9.57. The van der Waals surface area contributed by atoms with Gasteiger partial charge in [-0.15, -0.1) is 0 Å². The molecule has 0 bridgehead atoms. The van der Waals surface area contributed by atoms with Crippen molar-refractivity contribution in [1.82, 2.24) is 9.97 Å². The maximum absolute atomic E-state index is 10.7. The van der Waals surface area contributed by atoms with E-state index in [1.54, 1.807) is 0 Å². The average molecular weight is 250 g/mol. The molecule has 2 aromatic rings. The predicted octanol–water partition coefficient (Wildman–Crippen LogP) is 2.61. The highest BCUT2D eigenvalue weighted by Gasteiger charge is 2.08. The van der Waals surface area contributed by atoms with E-state index in [1.807, 2.05) is 43.3 Å². The summed E-state index contributed by atoms with van der Waals surface area (Å²) in [6.45, 7) is 0. The lowest BCUT2D eigenvalue weighted by Gasteiger charge is -2.11. The fraction of sp³-hybridized carbons (Fsp3) is 0.167. The number of carbonyl (C=O) groups excluding carboxylic acids is 1. The second-order valence-electron chi connectivity index (χ2n) is 3.85. The predicted molar refractivity (Wildman–Crippen MR) is 68.7 cm³/mol. The molecule has 1 aromatic carbocycles. The first-order valence-electron chi connectivity index (χ1n) is 5.10. The van der Waals surface area contributed by atoms with E-state index >= 15 is 0 Å². The summed E-state index contributed by atoms with van der Waals surface area (Å²) in [5.74, 6) is 0.599. The highest BCUT2D eigenvalue weighted by Crippen LogP contribution is 2.22. The van der Waals surface area contributed by atoms with Crippen LogP contribution in [0.1, 0.15) is 10.5 Å². The molecular formula is C12H12ClN3O. The Labute approximate surface area is 104 Å². The van der Waals surface area contributed by atoms with Gasteiger partial charge in [-0.05, 0) is 24.3 Å². The van der Waals surface area contributed by atoms with E-state index < -0.39 is 0 Å². The van der Waals surface area contributed by atoms with Crippen LogP contribution in [0, 0.1) is 0 Å². The minimum absolute atomic E-state index is 0.201. The molecule has 0 aliphatic carbocycles. The maximum Gasteiger partial charge on any atom is 0.169 e. The third-order valence-corrected chi connectivity index (χ3v) is 2.75. The molecule has 2 rings (SSSR count). The van der Waals surface area contributed by atoms with E-state index in [0.29, 0.717) is 17.8 Å². The van der Waals surface area contributed by atoms with Gasteiger partial charge in [0.05, 0.1) is 0 Å². The summed E-state index contributed by atoms with van der Waals surface area (Å²) in [6.07, 6.45) is 0.660. The first-order chi connectivity index (χ1) is 8.11. The van der Waals surface area contributed by atoms with Crippen LogP contribution in [0.3, 0.4) is 0 Å². The Balaban J connectivity index is 2.36. The Hall–Kier alpha value is -1.81. The van der Waals surface area contributed by atoms with Gasteiger partial charge >= 0.3 is 0 Å². The van der Waals surface area contributed by atoms with Crippen LogP contribution in [-0.2, 0) is 0 Å². The maximum atomic E-state index is 10.7. The van der Waals surface area contributed by atoms with E-state index in [0.717, 1.165) is 11.3 Å². The molecule has 0 radical (unpaired) electrons. The number of carbonyl (C=O) groups is 1. The Morgan fingerprint density at radius 1 is 1.29 bits per heavy atom. The van der Waals surface area contributed by atoms with Crippen molar-refractivity contribution < 1.29 is 4.79 Å². The molecule has 17 heavy (non-hydrogen) atoms. The molecule has 0 fully saturated rings. The molecule has 0 aliphatic rings. The molecule has 0 saturated heterocycles. The van der Waals surface area contributed by atoms with Gasteiger partial charge < -0.3 is 9.88 Å². The van der Waals surface area contributed by atoms with Crippen molar-refractivity contribution in [3.63, 3.8) is 0 Å². The second kappa shape index (κ2) is 4.59. The Morgan fingerprint density at radius 3 is 2.41 bits per heavy atom. The standard InChI is InChI=1S/C12H12ClN3O/c1-16(2)9-5-3-8(4-6-9)12-14-10(7-17)11(13)15-12/h3-7H,1-2H3,(H,14,15). The lowest BCUT2D eigenvalue weighted by molar-refractivity contribution is 0.111. The molecule has 88 valence electrons. The topological polar surface area (TPSA) is 49.0 Å². The average Bonchev–Trinajstić information content (AvgIpc) is 2.70. The molecule has 0 aliphatic heterocycles. The van der Waals surface area contributed by atoms with Gasteiger partial charge in [0.1, 0.15) is 11.5 Å². The van der Waals surface area contributed by atoms with Crippen molar-refractivity contribution in [2.24, 2.45) is 0 Å². The number of rotatable bonds is 3. The number of halogens is 1. The minimum Gasteiger partial charge on any atom is -0.378 e. The van der Waals surface area contributed by atoms with Crippen LogP contribution in [-0.4, -0.2) is 30.3 Å². The normalized spacial score (nSPS) is 10.3. The molecular weight excluding hydrogens is 238 g/mol. The molecule has 0 unspecified atom stereocenters. The summed E-state index contributed by atoms with van der Waals surface area (Å²) in [6, 6.07) is 7.82. The van der Waals surface area contributed by atoms with Gasteiger partial charge in [-0.25, -0.2) is 4.98 Å². The van der Waals surface area contributed by atoms with Gasteiger partial charge in [0.15, 0.2) is 11.4 Å². The number of H-pyrrole nitrogens is 1. The fourth-order valence-corrected chi connectivity index (χ4v) is 1.67. The highest BCUT2D eigenvalue weighted by molar-refractivity contribution is 6.31.